The van der Waals surface area contributed by atoms with Crippen LogP contribution in [0.15, 0.2) is 36.7 Å². The van der Waals surface area contributed by atoms with E-state index in [-0.39, 0.29) is 0 Å². The molecule has 0 saturated heterocycles. The maximum Gasteiger partial charge on any atom is 0.133 e. The van der Waals surface area contributed by atoms with Gasteiger partial charge in [-0.15, -0.1) is 0 Å². The van der Waals surface area contributed by atoms with Crippen LogP contribution in [0.25, 0.3) is 5.57 Å². The number of nitrogens with two attached hydrogens (primary N) is 1. The second kappa shape index (κ2) is 6.87. The molecule has 2 N–H and O–H groups in total. The van der Waals surface area contributed by atoms with Crippen LogP contribution in [0, 0.1) is 0 Å². The normalized spacial score (nSPS) is 15.7. The molecule has 1 aliphatic heterocycles. The summed E-state index contributed by atoms with van der Waals surface area (Å²) in [5, 5.41) is 0. The molecule has 0 bridgehead atoms. The van der Waals surface area contributed by atoms with Crippen LogP contribution in [0.4, 0.5) is 5.82 Å². The van der Waals surface area contributed by atoms with E-state index in [1.165, 1.54) is 5.57 Å². The minimum absolute atomic E-state index is 0.296. The van der Waals surface area contributed by atoms with Gasteiger partial charge in [-0.3, -0.25) is 9.88 Å². The van der Waals surface area contributed by atoms with Crippen molar-refractivity contribution < 1.29 is 0 Å². The SMILES string of the molecule is CC(C)c1ncc(CN2CC=C(c3ccccn3)CC2)c(N)n1. The third-order valence-electron chi connectivity index (χ3n) is 4.11. The molecule has 0 atom stereocenters. The van der Waals surface area contributed by atoms with Crippen molar-refractivity contribution in [1.29, 1.82) is 0 Å². The van der Waals surface area contributed by atoms with Crippen LogP contribution in [-0.4, -0.2) is 32.9 Å². The molecule has 0 fully saturated rings. The van der Waals surface area contributed by atoms with Crippen LogP contribution in [0.3, 0.4) is 0 Å². The largest absolute Gasteiger partial charge is 0.383 e. The standard InChI is InChI=1S/C18H23N5/c1-13(2)18-21-11-15(17(19)22-18)12-23-9-6-14(7-10-23)16-5-3-4-8-20-16/h3-6,8,11,13H,7,9-10,12H2,1-2H3,(H2,19,21,22). The lowest BCUT2D eigenvalue weighted by molar-refractivity contribution is 0.293. The number of hydrogen-bond donors (Lipinski definition) is 1. The van der Waals surface area contributed by atoms with E-state index in [0.717, 1.165) is 43.1 Å². The monoisotopic (exact) mass is 309 g/mol. The summed E-state index contributed by atoms with van der Waals surface area (Å²) in [6, 6.07) is 6.05. The third-order valence-corrected chi connectivity index (χ3v) is 4.11. The fraction of sp³-hybridized carbons (Fsp3) is 0.389. The second-order valence-corrected chi connectivity index (χ2v) is 6.22. The molecule has 1 aliphatic rings. The van der Waals surface area contributed by atoms with E-state index in [0.29, 0.717) is 11.7 Å². The molecular formula is C18H23N5. The van der Waals surface area contributed by atoms with Crippen LogP contribution in [-0.2, 0) is 6.54 Å². The molecule has 0 amide bonds. The van der Waals surface area contributed by atoms with Crippen molar-refractivity contribution in [3.63, 3.8) is 0 Å². The van der Waals surface area contributed by atoms with Gasteiger partial charge < -0.3 is 5.73 Å². The number of pyridine rings is 1. The predicted octanol–water partition coefficient (Wildman–Crippen LogP) is 2.87. The molecule has 120 valence electrons. The Balaban J connectivity index is 1.66. The zero-order valence-corrected chi connectivity index (χ0v) is 13.7. The molecule has 3 heterocycles. The Hall–Kier alpha value is -2.27. The summed E-state index contributed by atoms with van der Waals surface area (Å²) in [7, 11) is 0. The molecule has 0 unspecified atom stereocenters. The van der Waals surface area contributed by atoms with Crippen LogP contribution in [0.1, 0.15) is 43.3 Å². The second-order valence-electron chi connectivity index (χ2n) is 6.22. The molecule has 5 nitrogen and oxygen atoms in total. The fourth-order valence-corrected chi connectivity index (χ4v) is 2.72. The summed E-state index contributed by atoms with van der Waals surface area (Å²) >= 11 is 0. The lowest BCUT2D eigenvalue weighted by Gasteiger charge is -2.26. The molecule has 0 radical (unpaired) electrons. The first kappa shape index (κ1) is 15.6. The number of hydrogen-bond acceptors (Lipinski definition) is 5. The van der Waals surface area contributed by atoms with E-state index in [1.807, 2.05) is 24.5 Å². The highest BCUT2D eigenvalue weighted by molar-refractivity contribution is 5.63. The molecule has 0 saturated carbocycles. The summed E-state index contributed by atoms with van der Waals surface area (Å²) in [6.45, 7) is 6.83. The van der Waals surface area contributed by atoms with Crippen molar-refractivity contribution in [2.75, 3.05) is 18.8 Å². The van der Waals surface area contributed by atoms with Crippen molar-refractivity contribution in [1.82, 2.24) is 19.9 Å². The minimum atomic E-state index is 0.296. The van der Waals surface area contributed by atoms with Crippen molar-refractivity contribution in [2.45, 2.75) is 32.7 Å². The molecular weight excluding hydrogens is 286 g/mol. The Morgan fingerprint density at radius 1 is 1.26 bits per heavy atom. The fourth-order valence-electron chi connectivity index (χ4n) is 2.72. The lowest BCUT2D eigenvalue weighted by atomic mass is 10.0. The summed E-state index contributed by atoms with van der Waals surface area (Å²) < 4.78 is 0. The van der Waals surface area contributed by atoms with E-state index >= 15 is 0 Å². The van der Waals surface area contributed by atoms with Gasteiger partial charge in [0.2, 0.25) is 0 Å². The van der Waals surface area contributed by atoms with Gasteiger partial charge >= 0.3 is 0 Å². The maximum absolute atomic E-state index is 6.09. The van der Waals surface area contributed by atoms with Gasteiger partial charge in [0.25, 0.3) is 0 Å². The first-order valence-corrected chi connectivity index (χ1v) is 8.07. The average molecular weight is 309 g/mol. The van der Waals surface area contributed by atoms with Crippen LogP contribution in [0.5, 0.6) is 0 Å². The molecule has 0 spiro atoms. The molecule has 0 aromatic carbocycles. The Morgan fingerprint density at radius 3 is 2.74 bits per heavy atom. The van der Waals surface area contributed by atoms with Crippen LogP contribution < -0.4 is 5.73 Å². The quantitative estimate of drug-likeness (QED) is 0.940. The first-order valence-electron chi connectivity index (χ1n) is 8.07. The molecule has 2 aromatic heterocycles. The number of anilines is 1. The van der Waals surface area contributed by atoms with Gasteiger partial charge in [-0.1, -0.05) is 26.0 Å². The van der Waals surface area contributed by atoms with Crippen molar-refractivity contribution in [3.8, 4) is 0 Å². The Morgan fingerprint density at radius 2 is 2.13 bits per heavy atom. The zero-order chi connectivity index (χ0) is 16.2. The summed E-state index contributed by atoms with van der Waals surface area (Å²) in [5.74, 6) is 1.70. The maximum atomic E-state index is 6.09. The Bertz CT molecular complexity index is 694. The van der Waals surface area contributed by atoms with Gasteiger partial charge in [-0.2, -0.15) is 0 Å². The van der Waals surface area contributed by atoms with E-state index in [9.17, 15) is 0 Å². The first-order chi connectivity index (χ1) is 11.1. The molecule has 5 heteroatoms. The molecule has 2 aromatic rings. The topological polar surface area (TPSA) is 67.9 Å². The van der Waals surface area contributed by atoms with Crippen LogP contribution >= 0.6 is 0 Å². The number of aromatic nitrogens is 3. The molecule has 23 heavy (non-hydrogen) atoms. The van der Waals surface area contributed by atoms with Gasteiger partial charge in [0, 0.05) is 43.5 Å². The van der Waals surface area contributed by atoms with Crippen molar-refractivity contribution in [2.24, 2.45) is 0 Å². The van der Waals surface area contributed by atoms with E-state index < -0.39 is 0 Å². The van der Waals surface area contributed by atoms with Gasteiger partial charge in [0.15, 0.2) is 0 Å². The summed E-state index contributed by atoms with van der Waals surface area (Å²) in [6.07, 6.45) is 6.97. The Labute approximate surface area is 137 Å². The number of nitrogens with zero attached hydrogens (tertiary/aromatic N) is 4. The molecule has 0 aliphatic carbocycles. The number of nitrogen functional groups attached to an aromatic ring is 1. The van der Waals surface area contributed by atoms with Crippen molar-refractivity contribution in [3.05, 3.63) is 53.8 Å². The van der Waals surface area contributed by atoms with Gasteiger partial charge in [0.05, 0.1) is 5.69 Å². The predicted molar refractivity (Wildman–Crippen MR) is 92.6 cm³/mol. The van der Waals surface area contributed by atoms with Crippen molar-refractivity contribution >= 4 is 11.4 Å². The highest BCUT2D eigenvalue weighted by Crippen LogP contribution is 2.22. The minimum Gasteiger partial charge on any atom is -0.383 e. The van der Waals surface area contributed by atoms with E-state index in [1.54, 1.807) is 0 Å². The number of rotatable bonds is 4. The summed E-state index contributed by atoms with van der Waals surface area (Å²) in [4.78, 5) is 15.6. The Kier molecular flexibility index (Phi) is 4.67. The average Bonchev–Trinajstić information content (AvgIpc) is 2.58. The molecule has 3 rings (SSSR count). The third kappa shape index (κ3) is 3.74. The lowest BCUT2D eigenvalue weighted by Crippen LogP contribution is -2.28. The van der Waals surface area contributed by atoms with Crippen LogP contribution in [0.2, 0.25) is 0 Å². The van der Waals surface area contributed by atoms with Gasteiger partial charge in [-0.05, 0) is 24.1 Å². The summed E-state index contributed by atoms with van der Waals surface area (Å²) in [5.41, 5.74) is 9.50. The zero-order valence-electron chi connectivity index (χ0n) is 13.7. The smallest absolute Gasteiger partial charge is 0.133 e. The highest BCUT2D eigenvalue weighted by Gasteiger charge is 2.16. The van der Waals surface area contributed by atoms with Gasteiger partial charge in [-0.25, -0.2) is 9.97 Å². The highest BCUT2D eigenvalue weighted by atomic mass is 15.1. The van der Waals surface area contributed by atoms with E-state index in [4.69, 9.17) is 5.73 Å². The van der Waals surface area contributed by atoms with E-state index in [2.05, 4.69) is 45.8 Å². The van der Waals surface area contributed by atoms with Gasteiger partial charge in [0.1, 0.15) is 11.6 Å².